The smallest absolute Gasteiger partial charge is 0.247 e. The number of nitrogens with one attached hydrogen (secondary N) is 3. The Morgan fingerprint density at radius 1 is 1.00 bits per heavy atom. The highest BCUT2D eigenvalue weighted by Gasteiger charge is 2.19. The van der Waals surface area contributed by atoms with Crippen molar-refractivity contribution in [1.29, 1.82) is 0 Å². The summed E-state index contributed by atoms with van der Waals surface area (Å²) in [6.07, 6.45) is 1.43. The molecule has 11 heteroatoms. The molecule has 0 atom stereocenters. The molecule has 192 valence electrons. The normalized spacial score (nSPS) is 13.2. The van der Waals surface area contributed by atoms with E-state index in [-0.39, 0.29) is 5.69 Å². The number of hydrogen-bond acceptors (Lipinski definition) is 10. The van der Waals surface area contributed by atoms with Crippen molar-refractivity contribution in [3.8, 4) is 28.7 Å². The first-order valence-electron chi connectivity index (χ1n) is 12.0. The highest BCUT2D eigenvalue weighted by atomic mass is 19.1. The molecule has 0 bridgehead atoms. The monoisotopic (exact) mass is 513 g/mol. The summed E-state index contributed by atoms with van der Waals surface area (Å²) in [4.78, 5) is 8.72. The molecule has 3 heterocycles. The summed E-state index contributed by atoms with van der Waals surface area (Å²) >= 11 is 0. The van der Waals surface area contributed by atoms with E-state index in [4.69, 9.17) is 13.9 Å². The molecule has 0 spiro atoms. The van der Waals surface area contributed by atoms with Gasteiger partial charge in [0.05, 0.1) is 30.0 Å². The summed E-state index contributed by atoms with van der Waals surface area (Å²) < 4.78 is 32.1. The van der Waals surface area contributed by atoms with Gasteiger partial charge in [0.2, 0.25) is 11.8 Å². The van der Waals surface area contributed by atoms with Gasteiger partial charge in [-0.05, 0) is 36.4 Å². The summed E-state index contributed by atoms with van der Waals surface area (Å²) in [6, 6.07) is 15.8. The largest absolute Gasteiger partial charge is 0.495 e. The zero-order valence-electron chi connectivity index (χ0n) is 20.7. The van der Waals surface area contributed by atoms with Crippen molar-refractivity contribution in [2.75, 3.05) is 30.8 Å². The van der Waals surface area contributed by atoms with E-state index in [1.54, 1.807) is 44.4 Å². The van der Waals surface area contributed by atoms with Gasteiger partial charge in [-0.2, -0.15) is 0 Å². The molecule has 10 nitrogen and oxygen atoms in total. The molecule has 0 radical (unpaired) electrons. The molecule has 0 unspecified atom stereocenters. The number of anilines is 3. The van der Waals surface area contributed by atoms with E-state index in [9.17, 15) is 0 Å². The van der Waals surface area contributed by atoms with E-state index in [1.165, 1.54) is 12.4 Å². The Kier molecular flexibility index (Phi) is 6.18. The molecule has 1 saturated heterocycles. The highest BCUT2D eigenvalue weighted by Crippen LogP contribution is 2.35. The summed E-state index contributed by atoms with van der Waals surface area (Å²) in [6.45, 7) is 3.47. The van der Waals surface area contributed by atoms with E-state index < -0.39 is 5.82 Å². The van der Waals surface area contributed by atoms with Gasteiger partial charge in [-0.25, -0.2) is 14.4 Å². The van der Waals surface area contributed by atoms with Crippen LogP contribution < -0.4 is 25.4 Å². The van der Waals surface area contributed by atoms with Crippen LogP contribution in [0.15, 0.2) is 65.3 Å². The van der Waals surface area contributed by atoms with Gasteiger partial charge in [0, 0.05) is 43.1 Å². The van der Waals surface area contributed by atoms with Crippen LogP contribution in [0.4, 0.5) is 21.6 Å². The zero-order valence-corrected chi connectivity index (χ0v) is 20.7. The Bertz CT molecular complexity index is 1620. The number of aromatic nitrogens is 4. The molecule has 5 aromatic rings. The van der Waals surface area contributed by atoms with Crippen LogP contribution in [-0.4, -0.2) is 46.4 Å². The van der Waals surface area contributed by atoms with Crippen molar-refractivity contribution < 1.29 is 18.3 Å². The van der Waals surface area contributed by atoms with Crippen LogP contribution in [0.25, 0.3) is 22.4 Å². The van der Waals surface area contributed by atoms with Crippen molar-refractivity contribution in [3.63, 3.8) is 0 Å². The molecular formula is C27H24FN7O3. The van der Waals surface area contributed by atoms with Crippen molar-refractivity contribution in [2.45, 2.75) is 13.0 Å². The molecule has 3 aromatic carbocycles. The molecule has 38 heavy (non-hydrogen) atoms. The van der Waals surface area contributed by atoms with Gasteiger partial charge in [-0.15, -0.1) is 10.2 Å². The molecule has 2 aromatic heterocycles. The van der Waals surface area contributed by atoms with Crippen LogP contribution in [0.3, 0.4) is 0 Å². The molecule has 1 fully saturated rings. The number of hydrogen-bond donors (Lipinski definition) is 3. The molecule has 0 saturated carbocycles. The minimum Gasteiger partial charge on any atom is -0.495 e. The second-order valence-electron chi connectivity index (χ2n) is 8.81. The number of methoxy groups -OCH3 is 1. The van der Waals surface area contributed by atoms with Gasteiger partial charge in [0.25, 0.3) is 0 Å². The van der Waals surface area contributed by atoms with Gasteiger partial charge < -0.3 is 29.8 Å². The Morgan fingerprint density at radius 3 is 2.61 bits per heavy atom. The van der Waals surface area contributed by atoms with Crippen LogP contribution in [0.1, 0.15) is 5.89 Å². The van der Waals surface area contributed by atoms with E-state index >= 15 is 4.39 Å². The fraction of sp³-hybridized carbons (Fsp3) is 0.185. The van der Waals surface area contributed by atoms with E-state index in [2.05, 4.69) is 36.1 Å². The minimum atomic E-state index is -0.495. The second-order valence-corrected chi connectivity index (χ2v) is 8.81. The third kappa shape index (κ3) is 4.78. The van der Waals surface area contributed by atoms with E-state index in [0.717, 1.165) is 24.2 Å². The average molecular weight is 514 g/mol. The molecular weight excluding hydrogens is 489 g/mol. The summed E-state index contributed by atoms with van der Waals surface area (Å²) in [5.74, 6) is 2.36. The lowest BCUT2D eigenvalue weighted by Crippen LogP contribution is -2.51. The maximum absolute atomic E-state index is 15.2. The van der Waals surface area contributed by atoms with Crippen molar-refractivity contribution in [2.24, 2.45) is 0 Å². The standard InChI is InChI=1S/C27H24FN7O3/c1-15-34-35-27(37-15)16-4-3-5-18(8-16)38-19-6-7-22(21(28)9-19)33-26-20-10-24(32-17-12-29-13-17)25(36-2)11-23(20)30-14-31-26/h3-11,14,17,29,32H,12-13H2,1-2H3,(H,30,31,33). The summed E-state index contributed by atoms with van der Waals surface area (Å²) in [7, 11) is 1.62. The number of fused-ring (bicyclic) bond motifs is 1. The summed E-state index contributed by atoms with van der Waals surface area (Å²) in [5.41, 5.74) is 2.46. The maximum atomic E-state index is 15.2. The number of aryl methyl sites for hydroxylation is 1. The second kappa shape index (κ2) is 9.94. The Labute approximate surface area is 217 Å². The van der Waals surface area contributed by atoms with Gasteiger partial charge in [0.1, 0.15) is 35.2 Å². The maximum Gasteiger partial charge on any atom is 0.247 e. The number of ether oxygens (including phenoxy) is 2. The minimum absolute atomic E-state index is 0.251. The Hall–Kier alpha value is -4.77. The number of nitrogens with zero attached hydrogens (tertiary/aromatic N) is 4. The molecule has 0 amide bonds. The van der Waals surface area contributed by atoms with E-state index in [1.807, 2.05) is 18.2 Å². The lowest BCUT2D eigenvalue weighted by Gasteiger charge is -2.29. The Balaban J connectivity index is 1.24. The summed E-state index contributed by atoms with van der Waals surface area (Å²) in [5, 5.41) is 18.4. The first-order chi connectivity index (χ1) is 18.6. The van der Waals surface area contributed by atoms with Gasteiger partial charge in [0.15, 0.2) is 0 Å². The zero-order chi connectivity index (χ0) is 26.1. The molecule has 1 aliphatic rings. The lowest BCUT2D eigenvalue weighted by atomic mass is 10.1. The van der Waals surface area contributed by atoms with Crippen LogP contribution in [0, 0.1) is 12.7 Å². The topological polar surface area (TPSA) is 119 Å². The third-order valence-electron chi connectivity index (χ3n) is 6.13. The fourth-order valence-electron chi connectivity index (χ4n) is 4.11. The molecule has 6 rings (SSSR count). The first kappa shape index (κ1) is 23.6. The van der Waals surface area contributed by atoms with Crippen molar-refractivity contribution in [1.82, 2.24) is 25.5 Å². The Morgan fingerprint density at radius 2 is 1.87 bits per heavy atom. The molecule has 3 N–H and O–H groups in total. The number of benzene rings is 3. The van der Waals surface area contributed by atoms with Crippen molar-refractivity contribution >= 4 is 28.1 Å². The van der Waals surface area contributed by atoms with Gasteiger partial charge in [-0.1, -0.05) is 6.07 Å². The molecule has 1 aliphatic heterocycles. The lowest BCUT2D eigenvalue weighted by molar-refractivity contribution is 0.413. The first-order valence-corrected chi connectivity index (χ1v) is 12.0. The number of rotatable bonds is 8. The van der Waals surface area contributed by atoms with Crippen LogP contribution in [-0.2, 0) is 0 Å². The van der Waals surface area contributed by atoms with E-state index in [0.29, 0.717) is 52.0 Å². The predicted octanol–water partition coefficient (Wildman–Crippen LogP) is 5.06. The van der Waals surface area contributed by atoms with Crippen LogP contribution >= 0.6 is 0 Å². The van der Waals surface area contributed by atoms with Gasteiger partial charge in [-0.3, -0.25) is 0 Å². The number of halogens is 1. The fourth-order valence-corrected chi connectivity index (χ4v) is 4.11. The molecule has 0 aliphatic carbocycles. The average Bonchev–Trinajstić information content (AvgIpc) is 3.34. The third-order valence-corrected chi connectivity index (χ3v) is 6.13. The quantitative estimate of drug-likeness (QED) is 0.260. The highest BCUT2D eigenvalue weighted by molar-refractivity contribution is 5.95. The van der Waals surface area contributed by atoms with Crippen LogP contribution in [0.5, 0.6) is 17.2 Å². The van der Waals surface area contributed by atoms with Crippen LogP contribution in [0.2, 0.25) is 0 Å². The SMILES string of the molecule is COc1cc2ncnc(Nc3ccc(Oc4cccc(-c5nnc(C)o5)c4)cc3F)c2cc1NC1CNC1. The van der Waals surface area contributed by atoms with Gasteiger partial charge >= 0.3 is 0 Å². The van der Waals surface area contributed by atoms with Crippen molar-refractivity contribution in [3.05, 3.63) is 72.6 Å². The predicted molar refractivity (Wildman–Crippen MR) is 141 cm³/mol.